The molecule has 4 amide bonds. The Bertz CT molecular complexity index is 1060. The molecule has 0 saturated carbocycles. The van der Waals surface area contributed by atoms with E-state index in [1.807, 2.05) is 55.5 Å². The Morgan fingerprint density at radius 1 is 1.15 bits per heavy atom. The van der Waals surface area contributed by atoms with Gasteiger partial charge in [0.05, 0.1) is 13.2 Å². The molecule has 0 aliphatic carbocycles. The lowest BCUT2D eigenvalue weighted by molar-refractivity contribution is -0.134. The van der Waals surface area contributed by atoms with E-state index in [9.17, 15) is 14.4 Å². The molecule has 2 N–H and O–H groups in total. The number of nitrogens with zero attached hydrogens (tertiary/aromatic N) is 2. The van der Waals surface area contributed by atoms with Crippen molar-refractivity contribution in [3.63, 3.8) is 0 Å². The molecule has 2 aliphatic rings. The van der Waals surface area contributed by atoms with Crippen molar-refractivity contribution in [2.45, 2.75) is 38.3 Å². The second kappa shape index (κ2) is 9.85. The van der Waals surface area contributed by atoms with Gasteiger partial charge in [-0.2, -0.15) is 0 Å². The van der Waals surface area contributed by atoms with Crippen LogP contribution in [0.3, 0.4) is 0 Å². The highest BCUT2D eigenvalue weighted by Crippen LogP contribution is 2.29. The Hall–Kier alpha value is -3.39. The summed E-state index contributed by atoms with van der Waals surface area (Å²) in [5.41, 5.74) is 1.61. The first kappa shape index (κ1) is 23.8. The van der Waals surface area contributed by atoms with Crippen LogP contribution in [0.25, 0.3) is 0 Å². The van der Waals surface area contributed by atoms with Gasteiger partial charge in [0.2, 0.25) is 5.91 Å². The Labute approximate surface area is 200 Å². The van der Waals surface area contributed by atoms with E-state index in [1.165, 1.54) is 0 Å². The fraction of sp³-hybridized carbons (Fsp3) is 0.423. The molecule has 2 aromatic carbocycles. The summed E-state index contributed by atoms with van der Waals surface area (Å²) in [7, 11) is 1.63. The topological polar surface area (TPSA) is 91.0 Å². The summed E-state index contributed by atoms with van der Waals surface area (Å²) in [6.07, 6.45) is 2.24. The van der Waals surface area contributed by atoms with Crippen molar-refractivity contribution in [1.29, 1.82) is 0 Å². The highest BCUT2D eigenvalue weighted by Gasteiger charge is 2.49. The monoisotopic (exact) mass is 464 g/mol. The van der Waals surface area contributed by atoms with Crippen LogP contribution in [-0.4, -0.2) is 60.9 Å². The van der Waals surface area contributed by atoms with Crippen LogP contribution in [0.1, 0.15) is 42.5 Å². The largest absolute Gasteiger partial charge is 0.497 e. The third-order valence-corrected chi connectivity index (χ3v) is 6.76. The van der Waals surface area contributed by atoms with Crippen LogP contribution in [-0.2, 0) is 15.1 Å². The van der Waals surface area contributed by atoms with Gasteiger partial charge in [0.1, 0.15) is 17.8 Å². The van der Waals surface area contributed by atoms with E-state index in [2.05, 4.69) is 15.5 Å². The van der Waals surface area contributed by atoms with E-state index in [1.54, 1.807) is 14.0 Å². The molecule has 180 valence electrons. The number of carbonyl (C=O) groups excluding carboxylic acids is 3. The number of hydrogen-bond acceptors (Lipinski definition) is 5. The Kier molecular flexibility index (Phi) is 6.88. The van der Waals surface area contributed by atoms with E-state index < -0.39 is 17.5 Å². The van der Waals surface area contributed by atoms with Gasteiger partial charge < -0.3 is 15.4 Å². The van der Waals surface area contributed by atoms with E-state index in [-0.39, 0.29) is 18.5 Å². The van der Waals surface area contributed by atoms with Gasteiger partial charge in [-0.05, 0) is 63.0 Å². The summed E-state index contributed by atoms with van der Waals surface area (Å²) in [5, 5.41) is 5.70. The Morgan fingerprint density at radius 3 is 2.53 bits per heavy atom. The summed E-state index contributed by atoms with van der Waals surface area (Å²) in [5.74, 6) is -0.0353. The number of likely N-dealkylation sites (tertiary alicyclic amines) is 1. The molecular formula is C26H32N4O4. The quantitative estimate of drug-likeness (QED) is 0.587. The van der Waals surface area contributed by atoms with Crippen molar-refractivity contribution < 1.29 is 19.1 Å². The van der Waals surface area contributed by atoms with Crippen LogP contribution in [0.4, 0.5) is 4.79 Å². The predicted molar refractivity (Wildman–Crippen MR) is 128 cm³/mol. The number of imide groups is 1. The van der Waals surface area contributed by atoms with Crippen molar-refractivity contribution in [1.82, 2.24) is 20.4 Å². The Morgan fingerprint density at radius 2 is 1.85 bits per heavy atom. The van der Waals surface area contributed by atoms with Gasteiger partial charge >= 0.3 is 6.03 Å². The number of aryl methyl sites for hydroxylation is 1. The molecule has 2 aromatic rings. The van der Waals surface area contributed by atoms with Crippen LogP contribution in [0.15, 0.2) is 48.5 Å². The zero-order valence-corrected chi connectivity index (χ0v) is 20.0. The van der Waals surface area contributed by atoms with Crippen LogP contribution in [0.5, 0.6) is 5.75 Å². The lowest BCUT2D eigenvalue weighted by Gasteiger charge is -2.28. The maximum Gasteiger partial charge on any atom is 0.325 e. The number of carbonyl (C=O) groups is 3. The minimum absolute atomic E-state index is 0.0116. The molecule has 2 saturated heterocycles. The summed E-state index contributed by atoms with van der Waals surface area (Å²) >= 11 is 0. The maximum absolute atomic E-state index is 13.1. The molecule has 8 nitrogen and oxygen atoms in total. The zero-order chi connectivity index (χ0) is 24.3. The molecule has 0 bridgehead atoms. The minimum atomic E-state index is -1.19. The average molecular weight is 465 g/mol. The minimum Gasteiger partial charge on any atom is -0.497 e. The highest BCUT2D eigenvalue weighted by atomic mass is 16.5. The van der Waals surface area contributed by atoms with Crippen molar-refractivity contribution in [3.05, 3.63) is 65.2 Å². The summed E-state index contributed by atoms with van der Waals surface area (Å²) < 4.78 is 5.37. The first-order chi connectivity index (χ1) is 16.3. The first-order valence-electron chi connectivity index (χ1n) is 11.7. The summed E-state index contributed by atoms with van der Waals surface area (Å²) in [6, 6.07) is 14.7. The smallest absolute Gasteiger partial charge is 0.325 e. The predicted octanol–water partition coefficient (Wildman–Crippen LogP) is 2.72. The van der Waals surface area contributed by atoms with Gasteiger partial charge in [0.15, 0.2) is 0 Å². The molecular weight excluding hydrogens is 432 g/mol. The lowest BCUT2D eigenvalue weighted by Crippen LogP contribution is -2.45. The number of benzene rings is 2. The maximum atomic E-state index is 13.1. The molecule has 0 aromatic heterocycles. The summed E-state index contributed by atoms with van der Waals surface area (Å²) in [6.45, 7) is 5.60. The van der Waals surface area contributed by atoms with Crippen molar-refractivity contribution in [2.75, 3.05) is 33.3 Å². The van der Waals surface area contributed by atoms with Crippen molar-refractivity contribution in [3.8, 4) is 5.75 Å². The lowest BCUT2D eigenvalue weighted by atomic mass is 9.91. The number of hydrogen-bond donors (Lipinski definition) is 2. The van der Waals surface area contributed by atoms with Gasteiger partial charge in [-0.15, -0.1) is 0 Å². The molecule has 2 heterocycles. The van der Waals surface area contributed by atoms with Crippen molar-refractivity contribution in [2.24, 2.45) is 0 Å². The molecule has 4 rings (SSSR count). The molecule has 2 fully saturated rings. The number of nitrogens with one attached hydrogen (secondary N) is 2. The molecule has 2 atom stereocenters. The molecule has 0 spiro atoms. The second-order valence-corrected chi connectivity index (χ2v) is 9.15. The molecule has 8 heteroatoms. The first-order valence-corrected chi connectivity index (χ1v) is 11.7. The fourth-order valence-electron chi connectivity index (χ4n) is 4.69. The molecule has 2 unspecified atom stereocenters. The molecule has 0 radical (unpaired) electrons. The van der Waals surface area contributed by atoms with Gasteiger partial charge in [-0.25, -0.2) is 4.79 Å². The van der Waals surface area contributed by atoms with Crippen LogP contribution in [0.2, 0.25) is 0 Å². The van der Waals surface area contributed by atoms with Gasteiger partial charge in [-0.1, -0.05) is 42.0 Å². The van der Waals surface area contributed by atoms with E-state index in [4.69, 9.17) is 4.74 Å². The highest BCUT2D eigenvalue weighted by molar-refractivity contribution is 6.09. The average Bonchev–Trinajstić information content (AvgIpc) is 3.43. The third kappa shape index (κ3) is 4.77. The fourth-order valence-corrected chi connectivity index (χ4v) is 4.69. The van der Waals surface area contributed by atoms with Crippen LogP contribution >= 0.6 is 0 Å². The van der Waals surface area contributed by atoms with Crippen molar-refractivity contribution >= 4 is 17.8 Å². The van der Waals surface area contributed by atoms with Gasteiger partial charge in [-0.3, -0.25) is 19.4 Å². The number of methoxy groups -OCH3 is 1. The zero-order valence-electron chi connectivity index (χ0n) is 20.0. The number of ether oxygens (including phenoxy) is 1. The molecule has 2 aliphatic heterocycles. The third-order valence-electron chi connectivity index (χ3n) is 6.76. The van der Waals surface area contributed by atoms with E-state index in [0.29, 0.717) is 12.1 Å². The molecule has 34 heavy (non-hydrogen) atoms. The standard InChI is InChI=1S/C26H32N4O4/c1-18-9-11-20(12-10-18)26(2)24(32)30(25(33)28-26)17-23(31)27-16-22(29-13-4-5-14-29)19-7-6-8-21(15-19)34-3/h6-12,15,22H,4-5,13-14,16-17H2,1-3H3,(H,27,31)(H,28,33). The normalized spacial score (nSPS) is 21.4. The summed E-state index contributed by atoms with van der Waals surface area (Å²) in [4.78, 5) is 41.9. The van der Waals surface area contributed by atoms with Crippen LogP contribution < -0.4 is 15.4 Å². The van der Waals surface area contributed by atoms with E-state index in [0.717, 1.165) is 47.7 Å². The van der Waals surface area contributed by atoms with E-state index >= 15 is 0 Å². The van der Waals surface area contributed by atoms with Crippen LogP contribution in [0, 0.1) is 6.92 Å². The number of rotatable bonds is 8. The SMILES string of the molecule is COc1cccc(C(CNC(=O)CN2C(=O)NC(C)(c3ccc(C)cc3)C2=O)N2CCCC2)c1. The van der Waals surface area contributed by atoms with Gasteiger partial charge in [0.25, 0.3) is 5.91 Å². The second-order valence-electron chi connectivity index (χ2n) is 9.15. The Balaban J connectivity index is 1.43. The number of amides is 4. The van der Waals surface area contributed by atoms with Gasteiger partial charge in [0, 0.05) is 6.54 Å². The number of urea groups is 1.